The van der Waals surface area contributed by atoms with E-state index in [2.05, 4.69) is 22.4 Å². The van der Waals surface area contributed by atoms with Gasteiger partial charge in [0.2, 0.25) is 11.0 Å². The highest BCUT2D eigenvalue weighted by atomic mass is 35.5. The second-order valence-corrected chi connectivity index (χ2v) is 6.31. The van der Waals surface area contributed by atoms with Gasteiger partial charge in [-0.05, 0) is 24.1 Å². The number of halogens is 1. The molecule has 1 amide bonds. The minimum Gasteiger partial charge on any atom is -0.301 e. The average molecular weight is 324 g/mol. The SMILES string of the molecule is CCCCCC(=O)Nc1nnc(Cc2ccc(Cl)cc2)s1. The topological polar surface area (TPSA) is 54.9 Å². The molecule has 1 aromatic carbocycles. The molecule has 1 aromatic heterocycles. The molecule has 112 valence electrons. The van der Waals surface area contributed by atoms with Gasteiger partial charge in [0.25, 0.3) is 0 Å². The number of hydrogen-bond donors (Lipinski definition) is 1. The monoisotopic (exact) mass is 323 g/mol. The molecule has 0 aliphatic rings. The molecule has 0 aliphatic carbocycles. The van der Waals surface area contributed by atoms with Crippen LogP contribution in [0, 0.1) is 0 Å². The van der Waals surface area contributed by atoms with Crippen LogP contribution >= 0.6 is 22.9 Å². The van der Waals surface area contributed by atoms with Crippen LogP contribution in [0.2, 0.25) is 5.02 Å². The van der Waals surface area contributed by atoms with E-state index in [1.807, 2.05) is 24.3 Å². The third-order valence-electron chi connectivity index (χ3n) is 2.99. The van der Waals surface area contributed by atoms with Crippen molar-refractivity contribution in [1.29, 1.82) is 0 Å². The van der Waals surface area contributed by atoms with Gasteiger partial charge in [0, 0.05) is 17.9 Å². The van der Waals surface area contributed by atoms with Gasteiger partial charge >= 0.3 is 0 Å². The van der Waals surface area contributed by atoms with Gasteiger partial charge in [-0.25, -0.2) is 0 Å². The van der Waals surface area contributed by atoms with Crippen molar-refractivity contribution in [3.63, 3.8) is 0 Å². The van der Waals surface area contributed by atoms with E-state index in [0.717, 1.165) is 34.9 Å². The molecule has 2 aromatic rings. The van der Waals surface area contributed by atoms with Crippen molar-refractivity contribution in [2.75, 3.05) is 5.32 Å². The van der Waals surface area contributed by atoms with E-state index in [0.29, 0.717) is 18.0 Å². The number of nitrogens with zero attached hydrogens (tertiary/aromatic N) is 2. The molecule has 1 heterocycles. The summed E-state index contributed by atoms with van der Waals surface area (Å²) in [6, 6.07) is 7.64. The highest BCUT2D eigenvalue weighted by Crippen LogP contribution is 2.20. The number of nitrogens with one attached hydrogen (secondary N) is 1. The summed E-state index contributed by atoms with van der Waals surface area (Å²) in [5.41, 5.74) is 1.12. The summed E-state index contributed by atoms with van der Waals surface area (Å²) in [5, 5.41) is 13.1. The maximum absolute atomic E-state index is 11.7. The van der Waals surface area contributed by atoms with Gasteiger partial charge in [-0.15, -0.1) is 10.2 Å². The number of unbranched alkanes of at least 4 members (excludes halogenated alkanes) is 2. The summed E-state index contributed by atoms with van der Waals surface area (Å²) >= 11 is 7.27. The van der Waals surface area contributed by atoms with E-state index in [9.17, 15) is 4.79 Å². The second kappa shape index (κ2) is 8.10. The van der Waals surface area contributed by atoms with Crippen LogP contribution in [0.3, 0.4) is 0 Å². The summed E-state index contributed by atoms with van der Waals surface area (Å²) < 4.78 is 0. The first-order valence-corrected chi connectivity index (χ1v) is 8.23. The number of aromatic nitrogens is 2. The van der Waals surface area contributed by atoms with E-state index < -0.39 is 0 Å². The van der Waals surface area contributed by atoms with Crippen LogP contribution in [0.4, 0.5) is 5.13 Å². The predicted octanol–water partition coefficient (Wildman–Crippen LogP) is 4.30. The summed E-state index contributed by atoms with van der Waals surface area (Å²) in [6.45, 7) is 2.12. The molecule has 0 spiro atoms. The molecule has 0 aliphatic heterocycles. The molecule has 0 saturated heterocycles. The third kappa shape index (κ3) is 5.44. The standard InChI is InChI=1S/C15H18ClN3OS/c1-2-3-4-5-13(20)17-15-19-18-14(21-15)10-11-6-8-12(16)9-7-11/h6-9H,2-5,10H2,1H3,(H,17,19,20). The first-order chi connectivity index (χ1) is 10.2. The largest absolute Gasteiger partial charge is 0.301 e. The van der Waals surface area contributed by atoms with Gasteiger partial charge in [0.05, 0.1) is 0 Å². The Bertz CT molecular complexity index is 583. The van der Waals surface area contributed by atoms with Gasteiger partial charge in [0.1, 0.15) is 5.01 Å². The summed E-state index contributed by atoms with van der Waals surface area (Å²) in [7, 11) is 0. The number of hydrogen-bond acceptors (Lipinski definition) is 4. The summed E-state index contributed by atoms with van der Waals surface area (Å²) in [5.74, 6) is 0.0117. The zero-order chi connectivity index (χ0) is 15.1. The normalized spacial score (nSPS) is 10.6. The van der Waals surface area contributed by atoms with E-state index in [4.69, 9.17) is 11.6 Å². The average Bonchev–Trinajstić information content (AvgIpc) is 2.89. The zero-order valence-corrected chi connectivity index (χ0v) is 13.5. The first-order valence-electron chi connectivity index (χ1n) is 7.04. The Morgan fingerprint density at radius 1 is 1.24 bits per heavy atom. The van der Waals surface area contributed by atoms with Gasteiger partial charge in [-0.2, -0.15) is 0 Å². The van der Waals surface area contributed by atoms with E-state index in [1.165, 1.54) is 11.3 Å². The molecule has 0 unspecified atom stereocenters. The Hall–Kier alpha value is -1.46. The van der Waals surface area contributed by atoms with E-state index in [-0.39, 0.29) is 5.91 Å². The van der Waals surface area contributed by atoms with Crippen LogP contribution in [0.5, 0.6) is 0 Å². The van der Waals surface area contributed by atoms with Crippen LogP contribution in [0.15, 0.2) is 24.3 Å². The summed E-state index contributed by atoms with van der Waals surface area (Å²) in [6.07, 6.45) is 4.34. The van der Waals surface area contributed by atoms with Crippen LogP contribution in [-0.2, 0) is 11.2 Å². The molecule has 2 rings (SSSR count). The minimum absolute atomic E-state index is 0.0117. The Kier molecular flexibility index (Phi) is 6.14. The van der Waals surface area contributed by atoms with Crippen molar-refractivity contribution in [3.8, 4) is 0 Å². The number of amides is 1. The lowest BCUT2D eigenvalue weighted by Crippen LogP contribution is -2.10. The maximum atomic E-state index is 11.7. The lowest BCUT2D eigenvalue weighted by molar-refractivity contribution is -0.116. The van der Waals surface area contributed by atoms with Crippen LogP contribution < -0.4 is 5.32 Å². The van der Waals surface area contributed by atoms with Crippen LogP contribution in [0.1, 0.15) is 43.2 Å². The molecular weight excluding hydrogens is 306 g/mol. The molecule has 4 nitrogen and oxygen atoms in total. The van der Waals surface area contributed by atoms with Crippen LogP contribution in [-0.4, -0.2) is 16.1 Å². The Morgan fingerprint density at radius 2 is 2.00 bits per heavy atom. The quantitative estimate of drug-likeness (QED) is 0.773. The lowest BCUT2D eigenvalue weighted by atomic mass is 10.2. The number of anilines is 1. The first kappa shape index (κ1) is 15.9. The molecule has 0 bridgehead atoms. The second-order valence-electron chi connectivity index (χ2n) is 4.81. The molecule has 0 saturated carbocycles. The molecule has 21 heavy (non-hydrogen) atoms. The van der Waals surface area contributed by atoms with Crippen LogP contribution in [0.25, 0.3) is 0 Å². The Morgan fingerprint density at radius 3 is 2.71 bits per heavy atom. The molecule has 0 fully saturated rings. The smallest absolute Gasteiger partial charge is 0.226 e. The van der Waals surface area contributed by atoms with Gasteiger partial charge in [-0.1, -0.05) is 54.8 Å². The van der Waals surface area contributed by atoms with E-state index >= 15 is 0 Å². The zero-order valence-electron chi connectivity index (χ0n) is 11.9. The van der Waals surface area contributed by atoms with Crippen molar-refractivity contribution < 1.29 is 4.79 Å². The van der Waals surface area contributed by atoms with Crippen molar-refractivity contribution in [2.45, 2.75) is 39.0 Å². The fraction of sp³-hybridized carbons (Fsp3) is 0.400. The number of carbonyl (C=O) groups excluding carboxylic acids is 1. The van der Waals surface area contributed by atoms with E-state index in [1.54, 1.807) is 0 Å². The molecule has 0 radical (unpaired) electrons. The molecule has 1 N–H and O–H groups in total. The van der Waals surface area contributed by atoms with Crippen molar-refractivity contribution in [2.24, 2.45) is 0 Å². The highest BCUT2D eigenvalue weighted by Gasteiger charge is 2.08. The fourth-order valence-electron chi connectivity index (χ4n) is 1.87. The van der Waals surface area contributed by atoms with Crippen molar-refractivity contribution in [1.82, 2.24) is 10.2 Å². The van der Waals surface area contributed by atoms with Gasteiger partial charge in [-0.3, -0.25) is 4.79 Å². The predicted molar refractivity (Wildman–Crippen MR) is 86.9 cm³/mol. The van der Waals surface area contributed by atoms with Crippen molar-refractivity contribution in [3.05, 3.63) is 39.9 Å². The fourth-order valence-corrected chi connectivity index (χ4v) is 2.79. The molecule has 6 heteroatoms. The molecular formula is C15H18ClN3OS. The van der Waals surface area contributed by atoms with Gasteiger partial charge < -0.3 is 5.32 Å². The number of carbonyl (C=O) groups is 1. The maximum Gasteiger partial charge on any atom is 0.226 e. The van der Waals surface area contributed by atoms with Crippen molar-refractivity contribution >= 4 is 34.0 Å². The molecule has 0 atom stereocenters. The lowest BCUT2D eigenvalue weighted by Gasteiger charge is -1.99. The Labute approximate surface area is 133 Å². The minimum atomic E-state index is 0.0117. The number of benzene rings is 1. The Balaban J connectivity index is 1.86. The third-order valence-corrected chi connectivity index (χ3v) is 4.08. The highest BCUT2D eigenvalue weighted by molar-refractivity contribution is 7.15. The number of rotatable bonds is 7. The van der Waals surface area contributed by atoms with Gasteiger partial charge in [0.15, 0.2) is 0 Å². The summed E-state index contributed by atoms with van der Waals surface area (Å²) in [4.78, 5) is 11.7.